The van der Waals surface area contributed by atoms with Crippen LogP contribution in [-0.2, 0) is 4.79 Å². The maximum absolute atomic E-state index is 12.8. The zero-order valence-electron chi connectivity index (χ0n) is 14.2. The van der Waals surface area contributed by atoms with Crippen molar-refractivity contribution in [2.75, 3.05) is 27.2 Å². The molecule has 0 N–H and O–H groups in total. The van der Waals surface area contributed by atoms with Gasteiger partial charge in [-0.25, -0.2) is 0 Å². The molecular weight excluding hydrogens is 292 g/mol. The topological polar surface area (TPSA) is 56.8 Å². The van der Waals surface area contributed by atoms with Crippen LogP contribution in [0.4, 0.5) is 0 Å². The monoisotopic (exact) mass is 316 g/mol. The first-order valence-corrected chi connectivity index (χ1v) is 8.08. The largest absolute Gasteiger partial charge is 0.335 e. The number of piperazine rings is 1. The predicted molar refractivity (Wildman–Crippen MR) is 87.1 cm³/mol. The molecular formula is C17H24N4O2. The van der Waals surface area contributed by atoms with E-state index in [4.69, 9.17) is 0 Å². The number of carbonyl (C=O) groups is 2. The lowest BCUT2D eigenvalue weighted by molar-refractivity contribution is -0.141. The molecule has 1 aromatic rings. The molecule has 2 amide bonds. The molecule has 2 aliphatic rings. The third-order valence-corrected chi connectivity index (χ3v) is 5.02. The van der Waals surface area contributed by atoms with Crippen molar-refractivity contribution >= 4 is 11.8 Å². The second-order valence-corrected chi connectivity index (χ2v) is 6.88. The molecule has 0 saturated carbocycles. The van der Waals surface area contributed by atoms with Gasteiger partial charge in [-0.2, -0.15) is 0 Å². The Labute approximate surface area is 137 Å². The fourth-order valence-electron chi connectivity index (χ4n) is 3.56. The second-order valence-electron chi connectivity index (χ2n) is 6.88. The average Bonchev–Trinajstić information content (AvgIpc) is 2.95. The first-order valence-electron chi connectivity index (χ1n) is 8.08. The Morgan fingerprint density at radius 1 is 1.30 bits per heavy atom. The number of amides is 2. The van der Waals surface area contributed by atoms with Gasteiger partial charge in [0.25, 0.3) is 5.91 Å². The van der Waals surface area contributed by atoms with Gasteiger partial charge in [-0.15, -0.1) is 0 Å². The van der Waals surface area contributed by atoms with E-state index < -0.39 is 6.04 Å². The molecule has 1 aromatic heterocycles. The maximum Gasteiger partial charge on any atom is 0.256 e. The van der Waals surface area contributed by atoms with Gasteiger partial charge < -0.3 is 14.7 Å². The van der Waals surface area contributed by atoms with Crippen LogP contribution < -0.4 is 0 Å². The quantitative estimate of drug-likeness (QED) is 0.808. The van der Waals surface area contributed by atoms with Crippen molar-refractivity contribution < 1.29 is 9.59 Å². The van der Waals surface area contributed by atoms with Crippen molar-refractivity contribution in [3.8, 4) is 0 Å². The van der Waals surface area contributed by atoms with E-state index in [1.807, 2.05) is 38.9 Å². The van der Waals surface area contributed by atoms with Crippen LogP contribution in [0.5, 0.6) is 0 Å². The standard InChI is InChI=1S/C17H24N4O2/c1-11-5-13(8-18-7-11)17(23)20-10-15-6-14(19(3)4)9-21(15)16(22)12(20)2/h5,7-8,12,14-15H,6,9-10H2,1-4H3/t12-,14-,15-/m0/s1. The summed E-state index contributed by atoms with van der Waals surface area (Å²) in [4.78, 5) is 35.4. The molecule has 6 heteroatoms. The molecule has 0 bridgehead atoms. The number of nitrogens with zero attached hydrogens (tertiary/aromatic N) is 4. The van der Waals surface area contributed by atoms with Crippen molar-refractivity contribution in [2.24, 2.45) is 0 Å². The fraction of sp³-hybridized carbons (Fsp3) is 0.588. The minimum atomic E-state index is -0.417. The summed E-state index contributed by atoms with van der Waals surface area (Å²) in [6, 6.07) is 1.90. The number of likely N-dealkylation sites (N-methyl/N-ethyl adjacent to an activating group) is 1. The summed E-state index contributed by atoms with van der Waals surface area (Å²) < 4.78 is 0. The molecule has 0 spiro atoms. The summed E-state index contributed by atoms with van der Waals surface area (Å²) in [7, 11) is 4.08. The van der Waals surface area contributed by atoms with E-state index >= 15 is 0 Å². The van der Waals surface area contributed by atoms with E-state index in [0.717, 1.165) is 18.5 Å². The van der Waals surface area contributed by atoms with Gasteiger partial charge in [0.1, 0.15) is 6.04 Å². The summed E-state index contributed by atoms with van der Waals surface area (Å²) >= 11 is 0. The molecule has 2 aliphatic heterocycles. The highest BCUT2D eigenvalue weighted by Gasteiger charge is 2.45. The number of fused-ring (bicyclic) bond motifs is 1. The van der Waals surface area contributed by atoms with E-state index in [9.17, 15) is 9.59 Å². The number of hydrogen-bond donors (Lipinski definition) is 0. The van der Waals surface area contributed by atoms with Gasteiger partial charge in [-0.3, -0.25) is 14.6 Å². The van der Waals surface area contributed by atoms with Gasteiger partial charge in [0, 0.05) is 31.5 Å². The van der Waals surface area contributed by atoms with Crippen LogP contribution in [-0.4, -0.2) is 76.8 Å². The SMILES string of the molecule is Cc1cncc(C(=O)N2C[C@@H]3C[C@H](N(C)C)CN3C(=O)[C@@H]2C)c1. The van der Waals surface area contributed by atoms with E-state index in [1.54, 1.807) is 17.3 Å². The van der Waals surface area contributed by atoms with Crippen LogP contribution in [0, 0.1) is 6.92 Å². The van der Waals surface area contributed by atoms with Gasteiger partial charge in [-0.05, 0) is 46.0 Å². The lowest BCUT2D eigenvalue weighted by Gasteiger charge is -2.41. The highest BCUT2D eigenvalue weighted by atomic mass is 16.2. The average molecular weight is 316 g/mol. The Hall–Kier alpha value is -1.95. The van der Waals surface area contributed by atoms with E-state index in [0.29, 0.717) is 18.2 Å². The van der Waals surface area contributed by atoms with E-state index in [-0.39, 0.29) is 17.9 Å². The van der Waals surface area contributed by atoms with Gasteiger partial charge >= 0.3 is 0 Å². The number of carbonyl (C=O) groups excluding carboxylic acids is 2. The number of aromatic nitrogens is 1. The molecule has 0 aliphatic carbocycles. The summed E-state index contributed by atoms with van der Waals surface area (Å²) in [5, 5.41) is 0. The van der Waals surface area contributed by atoms with Crippen LogP contribution in [0.1, 0.15) is 29.3 Å². The van der Waals surface area contributed by atoms with Gasteiger partial charge in [0.2, 0.25) is 5.91 Å². The second kappa shape index (κ2) is 5.92. The Bertz CT molecular complexity index is 631. The molecule has 2 fully saturated rings. The zero-order valence-corrected chi connectivity index (χ0v) is 14.2. The number of hydrogen-bond acceptors (Lipinski definition) is 4. The molecule has 0 unspecified atom stereocenters. The highest BCUT2D eigenvalue weighted by molar-refractivity contribution is 5.98. The Balaban J connectivity index is 1.82. The van der Waals surface area contributed by atoms with Crippen LogP contribution in [0.3, 0.4) is 0 Å². The Kier molecular flexibility index (Phi) is 4.10. The summed E-state index contributed by atoms with van der Waals surface area (Å²) in [6.45, 7) is 5.09. The van der Waals surface area contributed by atoms with Crippen LogP contribution in [0.15, 0.2) is 18.5 Å². The smallest absolute Gasteiger partial charge is 0.256 e. The van der Waals surface area contributed by atoms with Gasteiger partial charge in [0.15, 0.2) is 0 Å². The first kappa shape index (κ1) is 15.9. The third-order valence-electron chi connectivity index (χ3n) is 5.02. The summed E-state index contributed by atoms with van der Waals surface area (Å²) in [5.74, 6) is -0.0467. The molecule has 3 rings (SSSR count). The van der Waals surface area contributed by atoms with Crippen molar-refractivity contribution in [1.82, 2.24) is 19.7 Å². The summed E-state index contributed by atoms with van der Waals surface area (Å²) in [6.07, 6.45) is 4.22. The van der Waals surface area contributed by atoms with Crippen LogP contribution in [0.2, 0.25) is 0 Å². The highest BCUT2D eigenvalue weighted by Crippen LogP contribution is 2.28. The van der Waals surface area contributed by atoms with Gasteiger partial charge in [0.05, 0.1) is 11.6 Å². The molecule has 0 aromatic carbocycles. The predicted octanol–water partition coefficient (Wildman–Crippen LogP) is 0.765. The van der Waals surface area contributed by atoms with Crippen molar-refractivity contribution in [1.29, 1.82) is 0 Å². The van der Waals surface area contributed by atoms with Crippen molar-refractivity contribution in [3.05, 3.63) is 29.6 Å². The molecule has 3 heterocycles. The third kappa shape index (κ3) is 2.83. The minimum Gasteiger partial charge on any atom is -0.335 e. The minimum absolute atomic E-state index is 0.0552. The van der Waals surface area contributed by atoms with Crippen molar-refractivity contribution in [2.45, 2.75) is 38.4 Å². The summed E-state index contributed by atoms with van der Waals surface area (Å²) in [5.41, 5.74) is 1.50. The normalized spacial score (nSPS) is 27.5. The number of aryl methyl sites for hydroxylation is 1. The van der Waals surface area contributed by atoms with Crippen molar-refractivity contribution in [3.63, 3.8) is 0 Å². The fourth-order valence-corrected chi connectivity index (χ4v) is 3.56. The first-order chi connectivity index (χ1) is 10.9. The Morgan fingerprint density at radius 3 is 2.70 bits per heavy atom. The molecule has 2 saturated heterocycles. The maximum atomic E-state index is 12.8. The molecule has 23 heavy (non-hydrogen) atoms. The van der Waals surface area contributed by atoms with Crippen LogP contribution in [0.25, 0.3) is 0 Å². The molecule has 0 radical (unpaired) electrons. The van der Waals surface area contributed by atoms with E-state index in [1.165, 1.54) is 0 Å². The molecule has 124 valence electrons. The van der Waals surface area contributed by atoms with Gasteiger partial charge in [-0.1, -0.05) is 0 Å². The van der Waals surface area contributed by atoms with Crippen LogP contribution >= 0.6 is 0 Å². The number of rotatable bonds is 2. The molecule has 6 nitrogen and oxygen atoms in total. The lowest BCUT2D eigenvalue weighted by atomic mass is 10.0. The number of pyridine rings is 1. The molecule has 3 atom stereocenters. The zero-order chi connectivity index (χ0) is 16.7. The lowest BCUT2D eigenvalue weighted by Crippen LogP contribution is -2.60. The Morgan fingerprint density at radius 2 is 2.04 bits per heavy atom. The van der Waals surface area contributed by atoms with E-state index in [2.05, 4.69) is 9.88 Å².